The molecule has 0 aliphatic rings. The maximum atomic E-state index is 12.6. The molecule has 0 saturated heterocycles. The summed E-state index contributed by atoms with van der Waals surface area (Å²) in [4.78, 5) is -0.00781. The number of methoxy groups -OCH3 is 1. The first-order valence-electron chi connectivity index (χ1n) is 7.18. The zero-order chi connectivity index (χ0) is 17.8. The molecule has 2 aromatic rings. The molecule has 6 nitrogen and oxygen atoms in total. The van der Waals surface area contributed by atoms with Gasteiger partial charge in [-0.25, -0.2) is 21.6 Å². The van der Waals surface area contributed by atoms with Gasteiger partial charge in [-0.05, 0) is 36.8 Å². The third-order valence-corrected chi connectivity index (χ3v) is 6.78. The SMILES string of the molecule is COCCNS(=O)(=O)c1cc(S(=O)(=O)c2ccccc2)ccc1C. The lowest BCUT2D eigenvalue weighted by atomic mass is 10.2. The number of hydrogen-bond acceptors (Lipinski definition) is 5. The summed E-state index contributed by atoms with van der Waals surface area (Å²) in [5.41, 5.74) is 0.465. The van der Waals surface area contributed by atoms with Crippen LogP contribution in [0.25, 0.3) is 0 Å². The van der Waals surface area contributed by atoms with Gasteiger partial charge in [-0.2, -0.15) is 0 Å². The van der Waals surface area contributed by atoms with Crippen LogP contribution in [-0.2, 0) is 24.6 Å². The third kappa shape index (κ3) is 4.02. The van der Waals surface area contributed by atoms with Gasteiger partial charge in [0, 0.05) is 13.7 Å². The van der Waals surface area contributed by atoms with E-state index in [0.29, 0.717) is 5.56 Å². The first-order chi connectivity index (χ1) is 11.3. The van der Waals surface area contributed by atoms with Crippen LogP contribution in [0.1, 0.15) is 5.56 Å². The lowest BCUT2D eigenvalue weighted by molar-refractivity contribution is 0.204. The summed E-state index contributed by atoms with van der Waals surface area (Å²) >= 11 is 0. The minimum atomic E-state index is -3.82. The molecule has 1 N–H and O–H groups in total. The van der Waals surface area contributed by atoms with Crippen LogP contribution in [0.4, 0.5) is 0 Å². The number of sulfone groups is 1. The van der Waals surface area contributed by atoms with Crippen LogP contribution in [0.2, 0.25) is 0 Å². The zero-order valence-corrected chi connectivity index (χ0v) is 15.0. The van der Waals surface area contributed by atoms with E-state index in [2.05, 4.69) is 4.72 Å². The Bertz CT molecular complexity index is 907. The number of ether oxygens (including phenoxy) is 1. The summed E-state index contributed by atoms with van der Waals surface area (Å²) in [5, 5.41) is 0. The van der Waals surface area contributed by atoms with Gasteiger partial charge in [0.05, 0.1) is 21.3 Å². The molecular weight excluding hydrogens is 350 g/mol. The predicted molar refractivity (Wildman–Crippen MR) is 90.1 cm³/mol. The van der Waals surface area contributed by atoms with Crippen molar-refractivity contribution in [3.05, 3.63) is 54.1 Å². The van der Waals surface area contributed by atoms with E-state index in [4.69, 9.17) is 4.74 Å². The van der Waals surface area contributed by atoms with E-state index in [1.807, 2.05) is 0 Å². The van der Waals surface area contributed by atoms with E-state index in [9.17, 15) is 16.8 Å². The van der Waals surface area contributed by atoms with Gasteiger partial charge in [-0.1, -0.05) is 24.3 Å². The van der Waals surface area contributed by atoms with Gasteiger partial charge in [0.15, 0.2) is 0 Å². The molecule has 0 aliphatic carbocycles. The third-order valence-electron chi connectivity index (χ3n) is 3.41. The predicted octanol–water partition coefficient (Wildman–Crippen LogP) is 1.75. The zero-order valence-electron chi connectivity index (χ0n) is 13.4. The maximum Gasteiger partial charge on any atom is 0.240 e. The Morgan fingerprint density at radius 3 is 2.25 bits per heavy atom. The molecule has 0 unspecified atom stereocenters. The van der Waals surface area contributed by atoms with Crippen molar-refractivity contribution < 1.29 is 21.6 Å². The standard InChI is InChI=1S/C16H19NO5S2/c1-13-8-9-15(23(18,19)14-6-4-3-5-7-14)12-16(13)24(20,21)17-10-11-22-2/h3-9,12,17H,10-11H2,1-2H3. The van der Waals surface area contributed by atoms with Gasteiger partial charge in [-0.3, -0.25) is 0 Å². The Morgan fingerprint density at radius 2 is 1.62 bits per heavy atom. The Balaban J connectivity index is 2.46. The number of benzene rings is 2. The molecule has 2 rings (SSSR count). The molecule has 0 saturated carbocycles. The van der Waals surface area contributed by atoms with Crippen molar-refractivity contribution in [1.82, 2.24) is 4.72 Å². The van der Waals surface area contributed by atoms with Crippen molar-refractivity contribution >= 4 is 19.9 Å². The molecule has 8 heteroatoms. The summed E-state index contributed by atoms with van der Waals surface area (Å²) in [6.07, 6.45) is 0. The number of rotatable bonds is 7. The minimum Gasteiger partial charge on any atom is -0.383 e. The number of nitrogens with one attached hydrogen (secondary N) is 1. The van der Waals surface area contributed by atoms with Crippen LogP contribution in [0.15, 0.2) is 63.2 Å². The van der Waals surface area contributed by atoms with Gasteiger partial charge >= 0.3 is 0 Å². The molecule has 0 radical (unpaired) electrons. The first-order valence-corrected chi connectivity index (χ1v) is 10.1. The fraction of sp³-hybridized carbons (Fsp3) is 0.250. The van der Waals surface area contributed by atoms with Crippen LogP contribution in [-0.4, -0.2) is 37.1 Å². The molecule has 24 heavy (non-hydrogen) atoms. The number of aryl methyl sites for hydroxylation is 1. The largest absolute Gasteiger partial charge is 0.383 e. The second-order valence-electron chi connectivity index (χ2n) is 5.13. The van der Waals surface area contributed by atoms with E-state index in [-0.39, 0.29) is 27.8 Å². The van der Waals surface area contributed by atoms with Gasteiger partial charge in [-0.15, -0.1) is 0 Å². The van der Waals surface area contributed by atoms with Gasteiger partial charge in [0.25, 0.3) is 0 Å². The molecule has 0 atom stereocenters. The van der Waals surface area contributed by atoms with Crippen molar-refractivity contribution in [2.45, 2.75) is 21.6 Å². The topological polar surface area (TPSA) is 89.5 Å². The van der Waals surface area contributed by atoms with Crippen molar-refractivity contribution in [1.29, 1.82) is 0 Å². The highest BCUT2D eigenvalue weighted by Gasteiger charge is 2.22. The molecule has 0 heterocycles. The van der Waals surface area contributed by atoms with E-state index < -0.39 is 19.9 Å². The van der Waals surface area contributed by atoms with Crippen LogP contribution in [0, 0.1) is 6.92 Å². The fourth-order valence-electron chi connectivity index (χ4n) is 2.13. The monoisotopic (exact) mass is 369 g/mol. The van der Waals surface area contributed by atoms with E-state index in [1.165, 1.54) is 37.4 Å². The molecule has 0 aromatic heterocycles. The lowest BCUT2D eigenvalue weighted by Crippen LogP contribution is -2.28. The average molecular weight is 369 g/mol. The molecule has 0 spiro atoms. The Morgan fingerprint density at radius 1 is 0.958 bits per heavy atom. The minimum absolute atomic E-state index is 0.0596. The van der Waals surface area contributed by atoms with Crippen molar-refractivity contribution in [3.63, 3.8) is 0 Å². The lowest BCUT2D eigenvalue weighted by Gasteiger charge is -2.11. The van der Waals surface area contributed by atoms with Gasteiger partial charge < -0.3 is 4.74 Å². The molecule has 0 amide bonds. The smallest absolute Gasteiger partial charge is 0.240 e. The first kappa shape index (κ1) is 18.6. The van der Waals surface area contributed by atoms with E-state index in [0.717, 1.165) is 0 Å². The summed E-state index contributed by atoms with van der Waals surface area (Å²) in [6.45, 7) is 1.94. The summed E-state index contributed by atoms with van der Waals surface area (Å²) in [7, 11) is -6.14. The fourth-order valence-corrected chi connectivity index (χ4v) is 4.79. The van der Waals surface area contributed by atoms with Gasteiger partial charge in [0.2, 0.25) is 19.9 Å². The Labute approximate surface area is 142 Å². The highest BCUT2D eigenvalue weighted by molar-refractivity contribution is 7.91. The van der Waals surface area contributed by atoms with Crippen molar-refractivity contribution in [2.24, 2.45) is 0 Å². The van der Waals surface area contributed by atoms with E-state index >= 15 is 0 Å². The molecule has 0 bridgehead atoms. The van der Waals surface area contributed by atoms with Crippen LogP contribution < -0.4 is 4.72 Å². The molecule has 2 aromatic carbocycles. The normalized spacial score (nSPS) is 12.2. The van der Waals surface area contributed by atoms with Crippen LogP contribution in [0.3, 0.4) is 0 Å². The van der Waals surface area contributed by atoms with Crippen molar-refractivity contribution in [3.8, 4) is 0 Å². The molecule has 0 aliphatic heterocycles. The summed E-state index contributed by atoms with van der Waals surface area (Å²) < 4.78 is 57.3. The maximum absolute atomic E-state index is 12.6. The highest BCUT2D eigenvalue weighted by atomic mass is 32.2. The Kier molecular flexibility index (Phi) is 5.76. The number of sulfonamides is 1. The molecular formula is C16H19NO5S2. The van der Waals surface area contributed by atoms with Crippen molar-refractivity contribution in [2.75, 3.05) is 20.3 Å². The highest BCUT2D eigenvalue weighted by Crippen LogP contribution is 2.25. The molecule has 0 fully saturated rings. The number of hydrogen-bond donors (Lipinski definition) is 1. The van der Waals surface area contributed by atoms with E-state index in [1.54, 1.807) is 25.1 Å². The quantitative estimate of drug-likeness (QED) is 0.751. The second kappa shape index (κ2) is 7.43. The summed E-state index contributed by atoms with van der Waals surface area (Å²) in [6, 6.07) is 12.0. The van der Waals surface area contributed by atoms with Crippen LogP contribution in [0.5, 0.6) is 0 Å². The average Bonchev–Trinajstić information content (AvgIpc) is 2.56. The van der Waals surface area contributed by atoms with Gasteiger partial charge in [0.1, 0.15) is 0 Å². The van der Waals surface area contributed by atoms with Crippen LogP contribution >= 0.6 is 0 Å². The summed E-state index contributed by atoms with van der Waals surface area (Å²) in [5.74, 6) is 0. The second-order valence-corrected chi connectivity index (χ2v) is 8.82. The Hall–Kier alpha value is -1.74. The molecule has 130 valence electrons.